The summed E-state index contributed by atoms with van der Waals surface area (Å²) >= 11 is 0. The lowest BCUT2D eigenvalue weighted by Gasteiger charge is -2.09. The van der Waals surface area contributed by atoms with Gasteiger partial charge in [0.1, 0.15) is 0 Å². The maximum Gasteiger partial charge on any atom is 0.227 e. The third kappa shape index (κ3) is 3.66. The number of rotatable bonds is 6. The first kappa shape index (κ1) is 12.7. The van der Waals surface area contributed by atoms with Crippen molar-refractivity contribution in [3.63, 3.8) is 0 Å². The molecule has 1 heterocycles. The zero-order chi connectivity index (χ0) is 12.0. The van der Waals surface area contributed by atoms with Crippen LogP contribution in [0.15, 0.2) is 12.4 Å². The molecule has 1 atom stereocenters. The van der Waals surface area contributed by atoms with Gasteiger partial charge < -0.3 is 11.1 Å². The molecule has 5 heteroatoms. The number of amides is 1. The van der Waals surface area contributed by atoms with Gasteiger partial charge in [-0.15, -0.1) is 0 Å². The number of carbonyl (C=O) groups excluding carboxylic acids is 1. The molecule has 16 heavy (non-hydrogen) atoms. The first-order valence-electron chi connectivity index (χ1n) is 5.70. The highest BCUT2D eigenvalue weighted by atomic mass is 16.1. The fourth-order valence-corrected chi connectivity index (χ4v) is 1.42. The van der Waals surface area contributed by atoms with Crippen LogP contribution in [0.25, 0.3) is 0 Å². The lowest BCUT2D eigenvalue weighted by molar-refractivity contribution is -0.119. The van der Waals surface area contributed by atoms with Gasteiger partial charge in [-0.2, -0.15) is 5.10 Å². The van der Waals surface area contributed by atoms with Gasteiger partial charge in [0, 0.05) is 18.7 Å². The fourth-order valence-electron chi connectivity index (χ4n) is 1.42. The monoisotopic (exact) mass is 224 g/mol. The van der Waals surface area contributed by atoms with Gasteiger partial charge in [-0.3, -0.25) is 9.48 Å². The van der Waals surface area contributed by atoms with Crippen LogP contribution in [0.4, 0.5) is 5.69 Å². The average Bonchev–Trinajstić information content (AvgIpc) is 2.73. The topological polar surface area (TPSA) is 72.9 Å². The summed E-state index contributed by atoms with van der Waals surface area (Å²) in [6.45, 7) is 5.35. The Kier molecular flexibility index (Phi) is 4.98. The van der Waals surface area contributed by atoms with E-state index < -0.39 is 0 Å². The predicted octanol–water partition coefficient (Wildman–Crippen LogP) is 1.22. The zero-order valence-corrected chi connectivity index (χ0v) is 9.94. The number of aromatic nitrogens is 2. The normalized spacial score (nSPS) is 12.4. The lowest BCUT2D eigenvalue weighted by Crippen LogP contribution is -2.20. The molecule has 0 saturated heterocycles. The molecular weight excluding hydrogens is 204 g/mol. The molecule has 0 saturated carbocycles. The first-order chi connectivity index (χ1) is 7.67. The summed E-state index contributed by atoms with van der Waals surface area (Å²) in [5.41, 5.74) is 6.16. The molecule has 1 unspecified atom stereocenters. The van der Waals surface area contributed by atoms with Crippen LogP contribution in [0.1, 0.15) is 26.7 Å². The van der Waals surface area contributed by atoms with Crippen molar-refractivity contribution in [2.75, 3.05) is 11.9 Å². The molecule has 1 rings (SSSR count). The van der Waals surface area contributed by atoms with Crippen molar-refractivity contribution in [1.29, 1.82) is 0 Å². The molecule has 0 aliphatic heterocycles. The first-order valence-corrected chi connectivity index (χ1v) is 5.70. The summed E-state index contributed by atoms with van der Waals surface area (Å²) in [6.07, 6.45) is 5.19. The van der Waals surface area contributed by atoms with Gasteiger partial charge in [-0.25, -0.2) is 0 Å². The summed E-state index contributed by atoms with van der Waals surface area (Å²) in [4.78, 5) is 11.7. The molecule has 1 aromatic rings. The van der Waals surface area contributed by atoms with Crippen LogP contribution in [-0.4, -0.2) is 22.2 Å². The number of anilines is 1. The SMILES string of the molecule is CCn1cc(NC(=O)C(C)CCCN)cn1. The van der Waals surface area contributed by atoms with Crippen LogP contribution in [0, 0.1) is 5.92 Å². The average molecular weight is 224 g/mol. The zero-order valence-electron chi connectivity index (χ0n) is 9.94. The summed E-state index contributed by atoms with van der Waals surface area (Å²) in [7, 11) is 0. The smallest absolute Gasteiger partial charge is 0.227 e. The molecule has 3 N–H and O–H groups in total. The molecule has 1 aromatic heterocycles. The molecule has 0 fully saturated rings. The van der Waals surface area contributed by atoms with Crippen molar-refractivity contribution >= 4 is 11.6 Å². The molecule has 0 radical (unpaired) electrons. The summed E-state index contributed by atoms with van der Waals surface area (Å²) < 4.78 is 1.78. The standard InChI is InChI=1S/C11H20N4O/c1-3-15-8-10(7-13-15)14-11(16)9(2)5-4-6-12/h7-9H,3-6,12H2,1-2H3,(H,14,16). The number of hydrogen-bond acceptors (Lipinski definition) is 3. The molecule has 0 spiro atoms. The quantitative estimate of drug-likeness (QED) is 0.763. The van der Waals surface area contributed by atoms with Crippen LogP contribution in [0.5, 0.6) is 0 Å². The van der Waals surface area contributed by atoms with Gasteiger partial charge in [0.05, 0.1) is 11.9 Å². The van der Waals surface area contributed by atoms with E-state index in [1.54, 1.807) is 10.9 Å². The van der Waals surface area contributed by atoms with Crippen LogP contribution >= 0.6 is 0 Å². The fraction of sp³-hybridized carbons (Fsp3) is 0.636. The molecular formula is C11H20N4O. The predicted molar refractivity (Wildman–Crippen MR) is 64.0 cm³/mol. The van der Waals surface area contributed by atoms with Gasteiger partial charge >= 0.3 is 0 Å². The van der Waals surface area contributed by atoms with Crippen molar-refractivity contribution in [3.05, 3.63) is 12.4 Å². The van der Waals surface area contributed by atoms with E-state index in [1.807, 2.05) is 20.0 Å². The second-order valence-electron chi connectivity index (χ2n) is 3.91. The number of carbonyl (C=O) groups is 1. The van der Waals surface area contributed by atoms with Crippen molar-refractivity contribution in [1.82, 2.24) is 9.78 Å². The molecule has 0 aromatic carbocycles. The highest BCUT2D eigenvalue weighted by Crippen LogP contribution is 2.10. The van der Waals surface area contributed by atoms with E-state index in [0.29, 0.717) is 6.54 Å². The Bertz CT molecular complexity index is 334. The van der Waals surface area contributed by atoms with E-state index >= 15 is 0 Å². The summed E-state index contributed by atoms with van der Waals surface area (Å²) in [5, 5.41) is 6.93. The maximum absolute atomic E-state index is 11.7. The second-order valence-corrected chi connectivity index (χ2v) is 3.91. The van der Waals surface area contributed by atoms with Crippen LogP contribution in [-0.2, 0) is 11.3 Å². The van der Waals surface area contributed by atoms with E-state index in [4.69, 9.17) is 5.73 Å². The second kappa shape index (κ2) is 6.27. The van der Waals surface area contributed by atoms with Crippen LogP contribution < -0.4 is 11.1 Å². The molecule has 0 bridgehead atoms. The minimum absolute atomic E-state index is 0.00599. The van der Waals surface area contributed by atoms with Crippen molar-refractivity contribution in [3.8, 4) is 0 Å². The number of nitrogens with two attached hydrogens (primary N) is 1. The van der Waals surface area contributed by atoms with E-state index in [-0.39, 0.29) is 11.8 Å². The van der Waals surface area contributed by atoms with E-state index in [2.05, 4.69) is 10.4 Å². The number of hydrogen-bond donors (Lipinski definition) is 2. The Morgan fingerprint density at radius 3 is 3.00 bits per heavy atom. The summed E-state index contributed by atoms with van der Waals surface area (Å²) in [5.74, 6) is 0.0256. The van der Waals surface area contributed by atoms with Gasteiger partial charge in [0.15, 0.2) is 0 Å². The molecule has 0 aliphatic carbocycles. The Labute approximate surface area is 96.0 Å². The van der Waals surface area contributed by atoms with Gasteiger partial charge in [0.25, 0.3) is 0 Å². The van der Waals surface area contributed by atoms with E-state index in [1.165, 1.54) is 0 Å². The third-order valence-corrected chi connectivity index (χ3v) is 2.51. The minimum atomic E-state index is -0.00599. The summed E-state index contributed by atoms with van der Waals surface area (Å²) in [6, 6.07) is 0. The van der Waals surface area contributed by atoms with Crippen molar-refractivity contribution in [2.24, 2.45) is 11.7 Å². The maximum atomic E-state index is 11.7. The molecule has 1 amide bonds. The Hall–Kier alpha value is -1.36. The number of nitrogens with zero attached hydrogens (tertiary/aromatic N) is 2. The van der Waals surface area contributed by atoms with Crippen LogP contribution in [0.3, 0.4) is 0 Å². The third-order valence-electron chi connectivity index (χ3n) is 2.51. The highest BCUT2D eigenvalue weighted by molar-refractivity contribution is 5.91. The molecule has 90 valence electrons. The van der Waals surface area contributed by atoms with E-state index in [9.17, 15) is 4.79 Å². The lowest BCUT2D eigenvalue weighted by atomic mass is 10.1. The Morgan fingerprint density at radius 1 is 1.69 bits per heavy atom. The molecule has 5 nitrogen and oxygen atoms in total. The minimum Gasteiger partial charge on any atom is -0.330 e. The van der Waals surface area contributed by atoms with Crippen molar-refractivity contribution in [2.45, 2.75) is 33.2 Å². The van der Waals surface area contributed by atoms with Gasteiger partial charge in [0.2, 0.25) is 5.91 Å². The number of aryl methyl sites for hydroxylation is 1. The molecule has 0 aliphatic rings. The van der Waals surface area contributed by atoms with Gasteiger partial charge in [-0.05, 0) is 26.3 Å². The Balaban J connectivity index is 2.44. The Morgan fingerprint density at radius 2 is 2.44 bits per heavy atom. The highest BCUT2D eigenvalue weighted by Gasteiger charge is 2.12. The van der Waals surface area contributed by atoms with Crippen molar-refractivity contribution < 1.29 is 4.79 Å². The van der Waals surface area contributed by atoms with Gasteiger partial charge in [-0.1, -0.05) is 6.92 Å². The van der Waals surface area contributed by atoms with E-state index in [0.717, 1.165) is 25.1 Å². The largest absolute Gasteiger partial charge is 0.330 e. The number of nitrogens with one attached hydrogen (secondary N) is 1. The van der Waals surface area contributed by atoms with Crippen LogP contribution in [0.2, 0.25) is 0 Å².